The molecule has 98 valence electrons. The Morgan fingerprint density at radius 3 is 2.71 bits per heavy atom. The lowest BCUT2D eigenvalue weighted by molar-refractivity contribution is -0.138. The Morgan fingerprint density at radius 1 is 1.47 bits per heavy atom. The number of hydrogen-bond acceptors (Lipinski definition) is 4. The third-order valence-corrected chi connectivity index (χ3v) is 2.65. The van der Waals surface area contributed by atoms with Gasteiger partial charge in [-0.05, 0) is 12.8 Å². The molecule has 0 aromatic rings. The minimum Gasteiger partial charge on any atom is -0.380 e. The van der Waals surface area contributed by atoms with Gasteiger partial charge in [-0.15, -0.1) is 0 Å². The van der Waals surface area contributed by atoms with Gasteiger partial charge in [0.15, 0.2) is 0 Å². The van der Waals surface area contributed by atoms with Crippen LogP contribution in [0.15, 0.2) is 0 Å². The number of nitrogens with one attached hydrogen (secondary N) is 1. The van der Waals surface area contributed by atoms with Crippen LogP contribution in [0.4, 0.5) is 0 Å². The Hall–Kier alpha value is -0.940. The van der Waals surface area contributed by atoms with E-state index < -0.39 is 0 Å². The van der Waals surface area contributed by atoms with Crippen LogP contribution in [-0.2, 0) is 14.3 Å². The molecule has 0 aliphatic carbocycles. The van der Waals surface area contributed by atoms with Gasteiger partial charge in [-0.2, -0.15) is 0 Å². The summed E-state index contributed by atoms with van der Waals surface area (Å²) in [6, 6.07) is -0.356. The maximum Gasteiger partial charge on any atom is 0.246 e. The third-order valence-electron chi connectivity index (χ3n) is 2.65. The topological polar surface area (TPSA) is 58.6 Å². The Kier molecular flexibility index (Phi) is 5.58. The molecule has 0 radical (unpaired) electrons. The maximum absolute atomic E-state index is 11.7. The monoisotopic (exact) mass is 242 g/mol. The highest BCUT2D eigenvalue weighted by atomic mass is 16.5. The van der Waals surface area contributed by atoms with E-state index in [0.717, 1.165) is 6.61 Å². The first kappa shape index (κ1) is 14.1. The average Bonchev–Trinajstić information content (AvgIpc) is 2.53. The van der Waals surface area contributed by atoms with Crippen LogP contribution in [0.1, 0.15) is 27.2 Å². The zero-order chi connectivity index (χ0) is 12.8. The van der Waals surface area contributed by atoms with E-state index in [1.807, 2.05) is 6.92 Å². The number of imide groups is 1. The zero-order valence-electron chi connectivity index (χ0n) is 10.9. The van der Waals surface area contributed by atoms with Crippen molar-refractivity contribution in [3.63, 3.8) is 0 Å². The SMILES string of the molecule is CCN1C(=O)CC(NCCOCC(C)C)C1=O. The third kappa shape index (κ3) is 4.09. The number of amides is 2. The zero-order valence-corrected chi connectivity index (χ0v) is 10.9. The summed E-state index contributed by atoms with van der Waals surface area (Å²) in [7, 11) is 0. The highest BCUT2D eigenvalue weighted by Gasteiger charge is 2.36. The minimum absolute atomic E-state index is 0.0851. The number of carbonyl (C=O) groups is 2. The van der Waals surface area contributed by atoms with Crippen molar-refractivity contribution in [2.75, 3.05) is 26.3 Å². The Balaban J connectivity index is 2.20. The van der Waals surface area contributed by atoms with Crippen LogP contribution in [0.5, 0.6) is 0 Å². The van der Waals surface area contributed by atoms with E-state index in [1.54, 1.807) is 0 Å². The van der Waals surface area contributed by atoms with Gasteiger partial charge in [0.2, 0.25) is 11.8 Å². The number of carbonyl (C=O) groups excluding carboxylic acids is 2. The molecule has 0 bridgehead atoms. The first-order valence-corrected chi connectivity index (χ1v) is 6.21. The van der Waals surface area contributed by atoms with Crippen LogP contribution < -0.4 is 5.32 Å². The lowest BCUT2D eigenvalue weighted by Gasteiger charge is -2.13. The van der Waals surface area contributed by atoms with Crippen molar-refractivity contribution in [2.45, 2.75) is 33.2 Å². The quantitative estimate of drug-likeness (QED) is 0.518. The molecule has 1 unspecified atom stereocenters. The van der Waals surface area contributed by atoms with Gasteiger partial charge in [0, 0.05) is 19.7 Å². The van der Waals surface area contributed by atoms with Crippen molar-refractivity contribution in [1.29, 1.82) is 0 Å². The molecule has 1 atom stereocenters. The molecule has 1 aliphatic heterocycles. The van der Waals surface area contributed by atoms with E-state index in [0.29, 0.717) is 25.6 Å². The van der Waals surface area contributed by atoms with Gasteiger partial charge in [0.25, 0.3) is 0 Å². The largest absolute Gasteiger partial charge is 0.380 e. The van der Waals surface area contributed by atoms with Crippen molar-refractivity contribution in [1.82, 2.24) is 10.2 Å². The van der Waals surface area contributed by atoms with E-state index in [1.165, 1.54) is 4.90 Å². The second-order valence-electron chi connectivity index (χ2n) is 4.66. The molecule has 2 amide bonds. The Morgan fingerprint density at radius 2 is 2.18 bits per heavy atom. The molecule has 17 heavy (non-hydrogen) atoms. The van der Waals surface area contributed by atoms with Crippen molar-refractivity contribution in [2.24, 2.45) is 5.92 Å². The van der Waals surface area contributed by atoms with E-state index in [9.17, 15) is 9.59 Å². The summed E-state index contributed by atoms with van der Waals surface area (Å²) in [5.74, 6) is 0.319. The summed E-state index contributed by atoms with van der Waals surface area (Å²) in [6.07, 6.45) is 0.275. The fraction of sp³-hybridized carbons (Fsp3) is 0.833. The molecule has 1 saturated heterocycles. The minimum atomic E-state index is -0.356. The molecule has 0 saturated carbocycles. The second kappa shape index (κ2) is 6.71. The molecule has 1 aliphatic rings. The molecule has 5 heteroatoms. The van der Waals surface area contributed by atoms with Crippen LogP contribution in [0.25, 0.3) is 0 Å². The number of hydrogen-bond donors (Lipinski definition) is 1. The summed E-state index contributed by atoms with van der Waals surface area (Å²) in [6.45, 7) is 8.34. The summed E-state index contributed by atoms with van der Waals surface area (Å²) in [5.41, 5.74) is 0. The summed E-state index contributed by atoms with van der Waals surface area (Å²) < 4.78 is 5.40. The highest BCUT2D eigenvalue weighted by molar-refractivity contribution is 6.05. The Bertz CT molecular complexity index is 279. The second-order valence-corrected chi connectivity index (χ2v) is 4.66. The van der Waals surface area contributed by atoms with Gasteiger partial charge >= 0.3 is 0 Å². The summed E-state index contributed by atoms with van der Waals surface area (Å²) >= 11 is 0. The molecule has 0 aromatic heterocycles. The van der Waals surface area contributed by atoms with Gasteiger partial charge in [0.05, 0.1) is 19.1 Å². The van der Waals surface area contributed by atoms with Gasteiger partial charge in [-0.3, -0.25) is 14.5 Å². The van der Waals surface area contributed by atoms with Gasteiger partial charge in [-0.1, -0.05) is 13.8 Å². The number of likely N-dealkylation sites (tertiary alicyclic amines) is 1. The smallest absolute Gasteiger partial charge is 0.246 e. The maximum atomic E-state index is 11.7. The predicted molar refractivity (Wildman–Crippen MR) is 64.5 cm³/mol. The van der Waals surface area contributed by atoms with Crippen LogP contribution in [0, 0.1) is 5.92 Å². The van der Waals surface area contributed by atoms with E-state index in [-0.39, 0.29) is 24.3 Å². The van der Waals surface area contributed by atoms with Crippen LogP contribution in [-0.4, -0.2) is 49.1 Å². The number of likely N-dealkylation sites (N-methyl/N-ethyl adjacent to an activating group) is 1. The van der Waals surface area contributed by atoms with Crippen LogP contribution >= 0.6 is 0 Å². The number of ether oxygens (including phenoxy) is 1. The molecule has 0 spiro atoms. The van der Waals surface area contributed by atoms with E-state index in [2.05, 4.69) is 19.2 Å². The lowest BCUT2D eigenvalue weighted by atomic mass is 10.2. The lowest BCUT2D eigenvalue weighted by Crippen LogP contribution is -2.40. The van der Waals surface area contributed by atoms with Gasteiger partial charge < -0.3 is 10.1 Å². The predicted octanol–water partition coefficient (Wildman–Crippen LogP) is 0.396. The molecular weight excluding hydrogens is 220 g/mol. The molecular formula is C12H22N2O3. The fourth-order valence-corrected chi connectivity index (χ4v) is 1.80. The Labute approximate surface area is 102 Å². The van der Waals surface area contributed by atoms with Crippen LogP contribution in [0.3, 0.4) is 0 Å². The summed E-state index contributed by atoms with van der Waals surface area (Å²) in [4.78, 5) is 24.5. The normalized spacial score (nSPS) is 20.7. The molecule has 1 rings (SSSR count). The molecule has 1 heterocycles. The van der Waals surface area contributed by atoms with Crippen molar-refractivity contribution < 1.29 is 14.3 Å². The molecule has 1 N–H and O–H groups in total. The number of rotatable bonds is 7. The van der Waals surface area contributed by atoms with Crippen molar-refractivity contribution in [3.8, 4) is 0 Å². The summed E-state index contributed by atoms with van der Waals surface area (Å²) in [5, 5.41) is 3.06. The number of nitrogens with zero attached hydrogens (tertiary/aromatic N) is 1. The standard InChI is InChI=1S/C12H22N2O3/c1-4-14-11(15)7-10(12(14)16)13-5-6-17-8-9(2)3/h9-10,13H,4-8H2,1-3H3. The first-order chi connectivity index (χ1) is 8.06. The van der Waals surface area contributed by atoms with Crippen molar-refractivity contribution >= 4 is 11.8 Å². The molecule has 1 fully saturated rings. The van der Waals surface area contributed by atoms with Gasteiger partial charge in [0.1, 0.15) is 0 Å². The fourth-order valence-electron chi connectivity index (χ4n) is 1.80. The van der Waals surface area contributed by atoms with Gasteiger partial charge in [-0.25, -0.2) is 0 Å². The van der Waals surface area contributed by atoms with E-state index >= 15 is 0 Å². The average molecular weight is 242 g/mol. The molecule has 0 aromatic carbocycles. The highest BCUT2D eigenvalue weighted by Crippen LogP contribution is 2.11. The molecule has 5 nitrogen and oxygen atoms in total. The first-order valence-electron chi connectivity index (χ1n) is 6.21. The van der Waals surface area contributed by atoms with Crippen molar-refractivity contribution in [3.05, 3.63) is 0 Å². The van der Waals surface area contributed by atoms with E-state index in [4.69, 9.17) is 4.74 Å². The van der Waals surface area contributed by atoms with Crippen LogP contribution in [0.2, 0.25) is 0 Å².